The molecular formula is C19H25ClN4O3S3. The van der Waals surface area contributed by atoms with Crippen molar-refractivity contribution in [1.29, 1.82) is 0 Å². The van der Waals surface area contributed by atoms with Gasteiger partial charge in [-0.1, -0.05) is 60.7 Å². The number of carbonyl (C=O) groups excluding carboxylic acids is 1. The molecule has 0 spiro atoms. The molecule has 1 amide bonds. The second-order valence-corrected chi connectivity index (χ2v) is 12.3. The van der Waals surface area contributed by atoms with E-state index in [2.05, 4.69) is 29.4 Å². The van der Waals surface area contributed by atoms with E-state index >= 15 is 0 Å². The van der Waals surface area contributed by atoms with E-state index in [0.717, 1.165) is 10.1 Å². The van der Waals surface area contributed by atoms with Crippen LogP contribution in [0.15, 0.2) is 28.6 Å². The second-order valence-electron chi connectivity index (χ2n) is 7.65. The first-order valence-corrected chi connectivity index (χ1v) is 13.5. The Balaban J connectivity index is 1.59. The number of anilines is 1. The van der Waals surface area contributed by atoms with Gasteiger partial charge in [-0.05, 0) is 36.5 Å². The number of nitrogens with one attached hydrogen (secondary N) is 1. The van der Waals surface area contributed by atoms with Gasteiger partial charge in [0.15, 0.2) is 4.34 Å². The Kier molecular flexibility index (Phi) is 8.14. The smallest absolute Gasteiger partial charge is 0.230 e. The summed E-state index contributed by atoms with van der Waals surface area (Å²) in [7, 11) is -3.54. The van der Waals surface area contributed by atoms with Gasteiger partial charge in [0.1, 0.15) is 0 Å². The van der Waals surface area contributed by atoms with E-state index in [1.807, 2.05) is 0 Å². The van der Waals surface area contributed by atoms with Gasteiger partial charge in [-0.2, -0.15) is 0 Å². The quantitative estimate of drug-likeness (QED) is 0.444. The highest BCUT2D eigenvalue weighted by Gasteiger charge is 2.32. The highest BCUT2D eigenvalue weighted by molar-refractivity contribution is 8.01. The maximum atomic E-state index is 12.9. The van der Waals surface area contributed by atoms with E-state index < -0.39 is 15.9 Å². The van der Waals surface area contributed by atoms with Gasteiger partial charge < -0.3 is 5.32 Å². The summed E-state index contributed by atoms with van der Waals surface area (Å²) in [6.07, 6.45) is 1.28. The third kappa shape index (κ3) is 6.65. The van der Waals surface area contributed by atoms with E-state index in [0.29, 0.717) is 41.0 Å². The van der Waals surface area contributed by atoms with Crippen LogP contribution in [0.5, 0.6) is 0 Å². The Hall–Kier alpha value is -1.20. The first kappa shape index (κ1) is 23.5. The van der Waals surface area contributed by atoms with Gasteiger partial charge in [0, 0.05) is 23.9 Å². The van der Waals surface area contributed by atoms with Crippen molar-refractivity contribution in [2.45, 2.75) is 36.8 Å². The number of nitrogens with zero attached hydrogens (tertiary/aromatic N) is 3. The Labute approximate surface area is 190 Å². The molecule has 30 heavy (non-hydrogen) atoms. The number of hydrogen-bond acceptors (Lipinski definition) is 7. The SMILES string of the molecule is CC(C)CSc1nnc(NC(=O)[C@@H]2CCCN(S(=O)(=O)Cc3cccc(Cl)c3)C2)s1. The van der Waals surface area contributed by atoms with Crippen molar-refractivity contribution in [3.63, 3.8) is 0 Å². The lowest BCUT2D eigenvalue weighted by Crippen LogP contribution is -2.44. The van der Waals surface area contributed by atoms with Crippen molar-refractivity contribution < 1.29 is 13.2 Å². The lowest BCUT2D eigenvalue weighted by Gasteiger charge is -2.31. The fourth-order valence-corrected chi connectivity index (χ4v) is 6.64. The maximum Gasteiger partial charge on any atom is 0.230 e. The standard InChI is InChI=1S/C19H25ClN4O3S3/c1-13(2)11-28-19-23-22-18(29-19)21-17(25)15-6-4-8-24(10-15)30(26,27)12-14-5-3-7-16(20)9-14/h3,5,7,9,13,15H,4,6,8,10-12H2,1-2H3,(H,21,22,25)/t15-/m1/s1. The summed E-state index contributed by atoms with van der Waals surface area (Å²) in [5.41, 5.74) is 0.634. The summed E-state index contributed by atoms with van der Waals surface area (Å²) >= 11 is 8.92. The Morgan fingerprint density at radius 2 is 2.20 bits per heavy atom. The molecule has 0 saturated carbocycles. The molecule has 0 unspecified atom stereocenters. The number of rotatable bonds is 8. The average Bonchev–Trinajstić information content (AvgIpc) is 3.13. The van der Waals surface area contributed by atoms with Crippen molar-refractivity contribution in [1.82, 2.24) is 14.5 Å². The molecule has 2 aromatic rings. The molecule has 0 aliphatic carbocycles. The summed E-state index contributed by atoms with van der Waals surface area (Å²) in [6, 6.07) is 6.83. The molecule has 1 saturated heterocycles. The number of halogens is 1. The monoisotopic (exact) mass is 488 g/mol. The van der Waals surface area contributed by atoms with Crippen LogP contribution in [0.4, 0.5) is 5.13 Å². The van der Waals surface area contributed by atoms with Crippen molar-refractivity contribution in [3.8, 4) is 0 Å². The minimum absolute atomic E-state index is 0.130. The number of sulfonamides is 1. The first-order chi connectivity index (χ1) is 14.2. The lowest BCUT2D eigenvalue weighted by atomic mass is 9.99. The first-order valence-electron chi connectivity index (χ1n) is 9.72. The molecule has 0 bridgehead atoms. The maximum absolute atomic E-state index is 12.9. The number of piperidine rings is 1. The summed E-state index contributed by atoms with van der Waals surface area (Å²) in [5.74, 6) is 0.719. The van der Waals surface area contributed by atoms with E-state index in [4.69, 9.17) is 11.6 Å². The van der Waals surface area contributed by atoms with Gasteiger partial charge in [-0.15, -0.1) is 10.2 Å². The van der Waals surface area contributed by atoms with Gasteiger partial charge in [0.2, 0.25) is 21.1 Å². The zero-order chi connectivity index (χ0) is 21.7. The highest BCUT2D eigenvalue weighted by atomic mass is 35.5. The van der Waals surface area contributed by atoms with Crippen molar-refractivity contribution >= 4 is 55.8 Å². The Morgan fingerprint density at radius 3 is 2.93 bits per heavy atom. The number of benzene rings is 1. The molecule has 1 N–H and O–H groups in total. The number of thioether (sulfide) groups is 1. The highest BCUT2D eigenvalue weighted by Crippen LogP contribution is 2.28. The van der Waals surface area contributed by atoms with Gasteiger partial charge in [-0.3, -0.25) is 4.79 Å². The van der Waals surface area contributed by atoms with Crippen LogP contribution >= 0.6 is 34.7 Å². The molecule has 1 fully saturated rings. The Morgan fingerprint density at radius 1 is 1.40 bits per heavy atom. The third-order valence-electron chi connectivity index (χ3n) is 4.56. The summed E-state index contributed by atoms with van der Waals surface area (Å²) < 4.78 is 27.9. The summed E-state index contributed by atoms with van der Waals surface area (Å²) in [4.78, 5) is 12.7. The zero-order valence-electron chi connectivity index (χ0n) is 16.9. The predicted octanol–water partition coefficient (Wildman–Crippen LogP) is 4.12. The average molecular weight is 489 g/mol. The molecule has 2 heterocycles. The molecule has 7 nitrogen and oxygen atoms in total. The van der Waals surface area contributed by atoms with Crippen LogP contribution in [0, 0.1) is 11.8 Å². The van der Waals surface area contributed by atoms with E-state index in [1.165, 1.54) is 15.6 Å². The fourth-order valence-electron chi connectivity index (χ4n) is 3.10. The van der Waals surface area contributed by atoms with Crippen LogP contribution in [-0.2, 0) is 20.6 Å². The molecule has 1 aliphatic heterocycles. The van der Waals surface area contributed by atoms with Gasteiger partial charge in [0.25, 0.3) is 0 Å². The number of hydrogen-bond donors (Lipinski definition) is 1. The molecular weight excluding hydrogens is 464 g/mol. The van der Waals surface area contributed by atoms with Crippen LogP contribution in [0.1, 0.15) is 32.3 Å². The minimum Gasteiger partial charge on any atom is -0.300 e. The van der Waals surface area contributed by atoms with Crippen LogP contribution in [0.25, 0.3) is 0 Å². The molecule has 1 aromatic carbocycles. The number of aromatic nitrogens is 2. The van der Waals surface area contributed by atoms with Gasteiger partial charge in [-0.25, -0.2) is 12.7 Å². The van der Waals surface area contributed by atoms with E-state index in [-0.39, 0.29) is 18.2 Å². The largest absolute Gasteiger partial charge is 0.300 e. The molecule has 1 aromatic heterocycles. The van der Waals surface area contributed by atoms with Gasteiger partial charge in [0.05, 0.1) is 11.7 Å². The molecule has 164 valence electrons. The summed E-state index contributed by atoms with van der Waals surface area (Å²) in [5, 5.41) is 11.9. The molecule has 1 aliphatic rings. The molecule has 11 heteroatoms. The normalized spacial score (nSPS) is 17.9. The van der Waals surface area contributed by atoms with Crippen LogP contribution in [0.2, 0.25) is 5.02 Å². The zero-order valence-corrected chi connectivity index (χ0v) is 20.1. The van der Waals surface area contributed by atoms with Crippen molar-refractivity contribution in [3.05, 3.63) is 34.9 Å². The van der Waals surface area contributed by atoms with Crippen LogP contribution < -0.4 is 5.32 Å². The molecule has 1 atom stereocenters. The fraction of sp³-hybridized carbons (Fsp3) is 0.526. The van der Waals surface area contributed by atoms with E-state index in [9.17, 15) is 13.2 Å². The number of amides is 1. The predicted molar refractivity (Wildman–Crippen MR) is 122 cm³/mol. The summed E-state index contributed by atoms with van der Waals surface area (Å²) in [6.45, 7) is 4.85. The van der Waals surface area contributed by atoms with Crippen LogP contribution in [0.3, 0.4) is 0 Å². The van der Waals surface area contributed by atoms with Crippen molar-refractivity contribution in [2.75, 3.05) is 24.2 Å². The van der Waals surface area contributed by atoms with E-state index in [1.54, 1.807) is 36.0 Å². The van der Waals surface area contributed by atoms with Gasteiger partial charge >= 0.3 is 0 Å². The third-order valence-corrected chi connectivity index (χ3v) is 9.01. The molecule has 3 rings (SSSR count). The van der Waals surface area contributed by atoms with Crippen LogP contribution in [-0.4, -0.2) is 47.7 Å². The van der Waals surface area contributed by atoms with Crippen molar-refractivity contribution in [2.24, 2.45) is 11.8 Å². The number of carbonyl (C=O) groups is 1. The Bertz CT molecular complexity index is 981. The lowest BCUT2D eigenvalue weighted by molar-refractivity contribution is -0.120. The topological polar surface area (TPSA) is 92.3 Å². The second kappa shape index (κ2) is 10.4. The molecule has 0 radical (unpaired) electrons. The minimum atomic E-state index is -3.54.